The van der Waals surface area contributed by atoms with Crippen LogP contribution >= 0.6 is 11.3 Å². The Balaban J connectivity index is 1.84. The lowest BCUT2D eigenvalue weighted by Gasteiger charge is -2.16. The van der Waals surface area contributed by atoms with Gasteiger partial charge >= 0.3 is 6.03 Å². The van der Waals surface area contributed by atoms with Crippen LogP contribution in [-0.2, 0) is 6.54 Å². The van der Waals surface area contributed by atoms with E-state index in [0.717, 1.165) is 12.0 Å². The van der Waals surface area contributed by atoms with Gasteiger partial charge in [0.05, 0.1) is 6.04 Å². The van der Waals surface area contributed by atoms with Crippen LogP contribution in [0.25, 0.3) is 0 Å². The molecule has 0 saturated carbocycles. The van der Waals surface area contributed by atoms with E-state index < -0.39 is 0 Å². The Morgan fingerprint density at radius 2 is 2.16 bits per heavy atom. The van der Waals surface area contributed by atoms with Crippen LogP contribution in [0, 0.1) is 0 Å². The summed E-state index contributed by atoms with van der Waals surface area (Å²) in [6, 6.07) is 7.75. The van der Waals surface area contributed by atoms with E-state index in [9.17, 15) is 4.79 Å². The van der Waals surface area contributed by atoms with Crippen molar-refractivity contribution in [1.82, 2.24) is 15.6 Å². The summed E-state index contributed by atoms with van der Waals surface area (Å²) in [4.78, 5) is 17.0. The predicted octanol–water partition coefficient (Wildman–Crippen LogP) is 3.09. The average Bonchev–Trinajstić information content (AvgIpc) is 2.97. The zero-order valence-electron chi connectivity index (χ0n) is 10.8. The number of urea groups is 1. The van der Waals surface area contributed by atoms with Crippen LogP contribution in [0.1, 0.15) is 29.8 Å². The topological polar surface area (TPSA) is 54.0 Å². The number of rotatable bonds is 5. The van der Waals surface area contributed by atoms with Gasteiger partial charge in [-0.05, 0) is 35.6 Å². The summed E-state index contributed by atoms with van der Waals surface area (Å²) in [5.74, 6) is 0. The molecule has 2 aromatic heterocycles. The van der Waals surface area contributed by atoms with E-state index in [1.54, 1.807) is 23.7 Å². The molecule has 1 atom stereocenters. The van der Waals surface area contributed by atoms with Gasteiger partial charge in [-0.15, -0.1) is 11.3 Å². The number of nitrogens with zero attached hydrogens (tertiary/aromatic N) is 1. The van der Waals surface area contributed by atoms with Gasteiger partial charge in [-0.2, -0.15) is 0 Å². The lowest BCUT2D eigenvalue weighted by molar-refractivity contribution is 0.236. The Hall–Kier alpha value is -1.88. The molecule has 0 fully saturated rings. The molecule has 0 radical (unpaired) electrons. The van der Waals surface area contributed by atoms with Crippen molar-refractivity contribution in [3.8, 4) is 0 Å². The highest BCUT2D eigenvalue weighted by atomic mass is 32.1. The second kappa shape index (κ2) is 6.89. The largest absolute Gasteiger partial charge is 0.334 e. The fourth-order valence-corrected chi connectivity index (χ4v) is 2.62. The number of hydrogen-bond donors (Lipinski definition) is 2. The summed E-state index contributed by atoms with van der Waals surface area (Å²) < 4.78 is 0. The summed E-state index contributed by atoms with van der Waals surface area (Å²) in [6.45, 7) is 2.57. The molecule has 0 aliphatic rings. The van der Waals surface area contributed by atoms with E-state index in [1.807, 2.05) is 29.6 Å². The Morgan fingerprint density at radius 3 is 2.79 bits per heavy atom. The molecule has 2 N–H and O–H groups in total. The first-order valence-electron chi connectivity index (χ1n) is 6.26. The molecule has 0 saturated heterocycles. The average molecular weight is 275 g/mol. The Kier molecular flexibility index (Phi) is 4.92. The van der Waals surface area contributed by atoms with Gasteiger partial charge in [-0.3, -0.25) is 4.98 Å². The maximum Gasteiger partial charge on any atom is 0.315 e. The molecule has 0 spiro atoms. The molecule has 2 rings (SSSR count). The van der Waals surface area contributed by atoms with E-state index in [4.69, 9.17) is 0 Å². The number of thiophene rings is 1. The summed E-state index contributed by atoms with van der Waals surface area (Å²) in [5, 5.41) is 7.86. The molecule has 2 aromatic rings. The first-order chi connectivity index (χ1) is 9.29. The van der Waals surface area contributed by atoms with E-state index in [2.05, 4.69) is 22.5 Å². The van der Waals surface area contributed by atoms with E-state index in [-0.39, 0.29) is 12.1 Å². The molecule has 0 bridgehead atoms. The van der Waals surface area contributed by atoms with Crippen molar-refractivity contribution < 1.29 is 4.79 Å². The van der Waals surface area contributed by atoms with Crippen LogP contribution in [0.3, 0.4) is 0 Å². The third-order valence-corrected chi connectivity index (χ3v) is 3.79. The molecule has 0 aliphatic heterocycles. The number of nitrogens with one attached hydrogen (secondary N) is 2. The van der Waals surface area contributed by atoms with Crippen LogP contribution < -0.4 is 10.6 Å². The summed E-state index contributed by atoms with van der Waals surface area (Å²) >= 11 is 1.66. The summed E-state index contributed by atoms with van der Waals surface area (Å²) in [7, 11) is 0. The quantitative estimate of drug-likeness (QED) is 0.881. The lowest BCUT2D eigenvalue weighted by atomic mass is 10.2. The number of amides is 2. The molecule has 1 unspecified atom stereocenters. The van der Waals surface area contributed by atoms with Crippen LogP contribution in [0.4, 0.5) is 4.79 Å². The SMILES string of the molecule is CCC(NC(=O)NCc1ccncc1)c1cccs1. The highest BCUT2D eigenvalue weighted by molar-refractivity contribution is 7.10. The number of hydrogen-bond acceptors (Lipinski definition) is 3. The van der Waals surface area contributed by atoms with Gasteiger partial charge in [-0.1, -0.05) is 13.0 Å². The fourth-order valence-electron chi connectivity index (χ4n) is 1.76. The van der Waals surface area contributed by atoms with Gasteiger partial charge in [0.15, 0.2) is 0 Å². The minimum absolute atomic E-state index is 0.0810. The van der Waals surface area contributed by atoms with E-state index in [0.29, 0.717) is 6.54 Å². The van der Waals surface area contributed by atoms with Crippen molar-refractivity contribution in [2.24, 2.45) is 0 Å². The molecular weight excluding hydrogens is 258 g/mol. The minimum Gasteiger partial charge on any atom is -0.334 e. The van der Waals surface area contributed by atoms with Gasteiger partial charge in [-0.25, -0.2) is 4.79 Å². The molecule has 19 heavy (non-hydrogen) atoms. The zero-order valence-corrected chi connectivity index (χ0v) is 11.6. The van der Waals surface area contributed by atoms with Crippen LogP contribution in [0.2, 0.25) is 0 Å². The van der Waals surface area contributed by atoms with Crippen LogP contribution in [0.15, 0.2) is 42.0 Å². The minimum atomic E-state index is -0.142. The molecule has 0 aromatic carbocycles. The second-order valence-electron chi connectivity index (χ2n) is 4.16. The Morgan fingerprint density at radius 1 is 1.37 bits per heavy atom. The number of carbonyl (C=O) groups excluding carboxylic acids is 1. The van der Waals surface area contributed by atoms with Gasteiger partial charge in [0.25, 0.3) is 0 Å². The lowest BCUT2D eigenvalue weighted by Crippen LogP contribution is -2.37. The van der Waals surface area contributed by atoms with Crippen LogP contribution in [-0.4, -0.2) is 11.0 Å². The molecular formula is C14H17N3OS. The standard InChI is InChI=1S/C14H17N3OS/c1-2-12(13-4-3-9-19-13)17-14(18)16-10-11-5-7-15-8-6-11/h3-9,12H,2,10H2,1H3,(H2,16,17,18). The smallest absolute Gasteiger partial charge is 0.315 e. The first kappa shape index (κ1) is 13.5. The summed E-state index contributed by atoms with van der Waals surface area (Å²) in [6.07, 6.45) is 4.31. The van der Waals surface area contributed by atoms with Gasteiger partial charge in [0, 0.05) is 23.8 Å². The summed E-state index contributed by atoms with van der Waals surface area (Å²) in [5.41, 5.74) is 1.04. The maximum atomic E-state index is 11.8. The third-order valence-electron chi connectivity index (χ3n) is 2.80. The number of pyridine rings is 1. The third kappa shape index (κ3) is 4.06. The van der Waals surface area contributed by atoms with Crippen molar-refractivity contribution in [3.05, 3.63) is 52.5 Å². The van der Waals surface area contributed by atoms with Crippen molar-refractivity contribution in [3.63, 3.8) is 0 Å². The number of aromatic nitrogens is 1. The van der Waals surface area contributed by atoms with Gasteiger partial charge in [0.1, 0.15) is 0 Å². The van der Waals surface area contributed by atoms with Gasteiger partial charge in [0.2, 0.25) is 0 Å². The van der Waals surface area contributed by atoms with Crippen LogP contribution in [0.5, 0.6) is 0 Å². The fraction of sp³-hybridized carbons (Fsp3) is 0.286. The molecule has 0 aliphatic carbocycles. The Labute approximate surface area is 116 Å². The maximum absolute atomic E-state index is 11.8. The van der Waals surface area contributed by atoms with Crippen molar-refractivity contribution in [1.29, 1.82) is 0 Å². The van der Waals surface area contributed by atoms with E-state index >= 15 is 0 Å². The molecule has 100 valence electrons. The monoisotopic (exact) mass is 275 g/mol. The van der Waals surface area contributed by atoms with Gasteiger partial charge < -0.3 is 10.6 Å². The van der Waals surface area contributed by atoms with E-state index in [1.165, 1.54) is 4.88 Å². The zero-order chi connectivity index (χ0) is 13.5. The number of carbonyl (C=O) groups is 1. The molecule has 5 heteroatoms. The highest BCUT2D eigenvalue weighted by Crippen LogP contribution is 2.21. The normalized spacial score (nSPS) is 11.8. The molecule has 2 amide bonds. The van der Waals surface area contributed by atoms with Crippen molar-refractivity contribution in [2.75, 3.05) is 0 Å². The predicted molar refractivity (Wildman–Crippen MR) is 77.0 cm³/mol. The van der Waals surface area contributed by atoms with Crippen molar-refractivity contribution >= 4 is 17.4 Å². The van der Waals surface area contributed by atoms with Crippen molar-refractivity contribution in [2.45, 2.75) is 25.9 Å². The molecule has 2 heterocycles. The highest BCUT2D eigenvalue weighted by Gasteiger charge is 2.12. The molecule has 4 nitrogen and oxygen atoms in total. The Bertz CT molecular complexity index is 499. The first-order valence-corrected chi connectivity index (χ1v) is 7.14. The second-order valence-corrected chi connectivity index (χ2v) is 5.14.